The summed E-state index contributed by atoms with van der Waals surface area (Å²) in [5.41, 5.74) is 2.53. The van der Waals surface area contributed by atoms with Crippen LogP contribution < -0.4 is 10.1 Å². The van der Waals surface area contributed by atoms with Crippen LogP contribution in [0.5, 0.6) is 5.75 Å². The molecule has 1 N–H and O–H groups in total. The number of amides is 1. The molecule has 0 unspecified atom stereocenters. The van der Waals surface area contributed by atoms with Gasteiger partial charge >= 0.3 is 0 Å². The van der Waals surface area contributed by atoms with E-state index in [1.54, 1.807) is 31.4 Å². The number of aryl methyl sites for hydroxylation is 1. The lowest BCUT2D eigenvalue weighted by Crippen LogP contribution is -2.27. The summed E-state index contributed by atoms with van der Waals surface area (Å²) in [6.45, 7) is 3.93. The van der Waals surface area contributed by atoms with Crippen LogP contribution >= 0.6 is 11.6 Å². The molecule has 0 spiro atoms. The lowest BCUT2D eigenvalue weighted by Gasteiger charge is -2.18. The topological polar surface area (TPSA) is 38.3 Å². The summed E-state index contributed by atoms with van der Waals surface area (Å²) in [4.78, 5) is 12.3. The summed E-state index contributed by atoms with van der Waals surface area (Å²) in [6.07, 6.45) is 0. The van der Waals surface area contributed by atoms with E-state index in [9.17, 15) is 4.79 Å². The Morgan fingerprint density at radius 1 is 1.24 bits per heavy atom. The number of rotatable bonds is 4. The molecule has 3 nitrogen and oxygen atoms in total. The average molecular weight is 304 g/mol. The van der Waals surface area contributed by atoms with E-state index in [-0.39, 0.29) is 11.9 Å². The third-order valence-electron chi connectivity index (χ3n) is 3.32. The van der Waals surface area contributed by atoms with Crippen molar-refractivity contribution < 1.29 is 9.53 Å². The van der Waals surface area contributed by atoms with Gasteiger partial charge in [0.2, 0.25) is 0 Å². The smallest absolute Gasteiger partial charge is 0.253 e. The molecule has 2 rings (SSSR count). The molecule has 0 saturated heterocycles. The number of halogens is 1. The molecule has 0 aromatic heterocycles. The molecule has 0 aliphatic rings. The predicted molar refractivity (Wildman–Crippen MR) is 85.1 cm³/mol. The third-order valence-corrected chi connectivity index (χ3v) is 3.65. The van der Waals surface area contributed by atoms with Gasteiger partial charge in [0, 0.05) is 5.56 Å². The first-order chi connectivity index (χ1) is 10.0. The van der Waals surface area contributed by atoms with E-state index in [1.807, 2.05) is 32.0 Å². The molecule has 4 heteroatoms. The summed E-state index contributed by atoms with van der Waals surface area (Å²) in [7, 11) is 1.62. The molecule has 0 heterocycles. The number of nitrogens with one attached hydrogen (secondary N) is 1. The van der Waals surface area contributed by atoms with Gasteiger partial charge in [-0.25, -0.2) is 0 Å². The Morgan fingerprint density at radius 2 is 1.95 bits per heavy atom. The maximum Gasteiger partial charge on any atom is 0.253 e. The zero-order valence-corrected chi connectivity index (χ0v) is 13.1. The zero-order chi connectivity index (χ0) is 15.4. The van der Waals surface area contributed by atoms with E-state index in [2.05, 4.69) is 5.32 Å². The molecular weight excluding hydrogens is 286 g/mol. The van der Waals surface area contributed by atoms with Crippen molar-refractivity contribution in [1.29, 1.82) is 0 Å². The van der Waals surface area contributed by atoms with Crippen molar-refractivity contribution in [3.05, 3.63) is 64.2 Å². The van der Waals surface area contributed by atoms with Gasteiger partial charge in [-0.15, -0.1) is 0 Å². The summed E-state index contributed by atoms with van der Waals surface area (Å²) < 4.78 is 5.36. The summed E-state index contributed by atoms with van der Waals surface area (Å²) >= 11 is 6.05. The molecular formula is C17H18ClNO2. The number of carbonyl (C=O) groups excluding carboxylic acids is 1. The highest BCUT2D eigenvalue weighted by atomic mass is 35.5. The van der Waals surface area contributed by atoms with Crippen molar-refractivity contribution in [2.24, 2.45) is 0 Å². The van der Waals surface area contributed by atoms with E-state index >= 15 is 0 Å². The van der Waals surface area contributed by atoms with E-state index in [4.69, 9.17) is 16.3 Å². The Labute approximate surface area is 129 Å². The van der Waals surface area contributed by atoms with Crippen molar-refractivity contribution in [3.63, 3.8) is 0 Å². The van der Waals surface area contributed by atoms with Crippen LogP contribution in [0.4, 0.5) is 0 Å². The molecule has 110 valence electrons. The fourth-order valence-corrected chi connectivity index (χ4v) is 2.41. The van der Waals surface area contributed by atoms with Gasteiger partial charge in [-0.3, -0.25) is 4.79 Å². The van der Waals surface area contributed by atoms with E-state index in [1.165, 1.54) is 0 Å². The number of methoxy groups -OCH3 is 1. The molecule has 2 aromatic rings. The van der Waals surface area contributed by atoms with Gasteiger partial charge in [-0.1, -0.05) is 41.4 Å². The van der Waals surface area contributed by atoms with Crippen LogP contribution in [0.15, 0.2) is 42.5 Å². The van der Waals surface area contributed by atoms with E-state index in [0.717, 1.165) is 16.9 Å². The third kappa shape index (κ3) is 3.56. The Balaban J connectivity index is 2.22. The van der Waals surface area contributed by atoms with Crippen LogP contribution in [0.2, 0.25) is 5.02 Å². The highest BCUT2D eigenvalue weighted by Gasteiger charge is 2.16. The Kier molecular flexibility index (Phi) is 4.86. The highest BCUT2D eigenvalue weighted by Crippen LogP contribution is 2.26. The highest BCUT2D eigenvalue weighted by molar-refractivity contribution is 6.33. The number of carbonyl (C=O) groups is 1. The molecule has 0 saturated carbocycles. The van der Waals surface area contributed by atoms with Crippen molar-refractivity contribution >= 4 is 17.5 Å². The SMILES string of the molecule is COc1ccc(C)cc1[C@@H](C)NC(=O)c1ccccc1Cl. The normalized spacial score (nSPS) is 11.8. The molecule has 0 bridgehead atoms. The summed E-state index contributed by atoms with van der Waals surface area (Å²) in [6, 6.07) is 12.7. The Bertz CT molecular complexity index is 655. The first kappa shape index (κ1) is 15.4. The first-order valence-corrected chi connectivity index (χ1v) is 7.10. The maximum absolute atomic E-state index is 12.3. The fourth-order valence-electron chi connectivity index (χ4n) is 2.19. The van der Waals surface area contributed by atoms with E-state index < -0.39 is 0 Å². The van der Waals surface area contributed by atoms with Gasteiger partial charge in [0.1, 0.15) is 5.75 Å². The van der Waals surface area contributed by atoms with Crippen molar-refractivity contribution in [2.75, 3.05) is 7.11 Å². The minimum atomic E-state index is -0.198. The Hall–Kier alpha value is -2.00. The summed E-state index contributed by atoms with van der Waals surface area (Å²) in [5, 5.41) is 3.39. The minimum Gasteiger partial charge on any atom is -0.496 e. The molecule has 0 radical (unpaired) electrons. The van der Waals surface area contributed by atoms with Gasteiger partial charge in [-0.05, 0) is 32.0 Å². The second kappa shape index (κ2) is 6.64. The van der Waals surface area contributed by atoms with Gasteiger partial charge in [0.25, 0.3) is 5.91 Å². The van der Waals surface area contributed by atoms with Gasteiger partial charge in [-0.2, -0.15) is 0 Å². The molecule has 21 heavy (non-hydrogen) atoms. The predicted octanol–water partition coefficient (Wildman–Crippen LogP) is 4.15. The molecule has 1 amide bonds. The minimum absolute atomic E-state index is 0.177. The number of benzene rings is 2. The second-order valence-corrected chi connectivity index (χ2v) is 5.33. The molecule has 2 aromatic carbocycles. The second-order valence-electron chi connectivity index (χ2n) is 4.92. The van der Waals surface area contributed by atoms with Crippen LogP contribution in [-0.4, -0.2) is 13.0 Å². The van der Waals surface area contributed by atoms with Gasteiger partial charge in [0.15, 0.2) is 0 Å². The lowest BCUT2D eigenvalue weighted by molar-refractivity contribution is 0.0939. The molecule has 0 fully saturated rings. The molecule has 1 atom stereocenters. The first-order valence-electron chi connectivity index (χ1n) is 6.73. The quantitative estimate of drug-likeness (QED) is 0.921. The molecule has 0 aliphatic carbocycles. The zero-order valence-electron chi connectivity index (χ0n) is 12.3. The summed E-state index contributed by atoms with van der Waals surface area (Å²) in [5.74, 6) is 0.559. The molecule has 0 aliphatic heterocycles. The van der Waals surface area contributed by atoms with Gasteiger partial charge in [0.05, 0.1) is 23.7 Å². The standard InChI is InChI=1S/C17H18ClNO2/c1-11-8-9-16(21-3)14(10-11)12(2)19-17(20)13-6-4-5-7-15(13)18/h4-10,12H,1-3H3,(H,19,20)/t12-/m1/s1. The number of hydrogen-bond acceptors (Lipinski definition) is 2. The van der Waals surface area contributed by atoms with Crippen LogP contribution in [0.1, 0.15) is 34.5 Å². The maximum atomic E-state index is 12.3. The van der Waals surface area contributed by atoms with Crippen molar-refractivity contribution in [2.45, 2.75) is 19.9 Å². The van der Waals surface area contributed by atoms with Crippen LogP contribution in [-0.2, 0) is 0 Å². The van der Waals surface area contributed by atoms with E-state index in [0.29, 0.717) is 10.6 Å². The lowest BCUT2D eigenvalue weighted by atomic mass is 10.0. The number of hydrogen-bond donors (Lipinski definition) is 1. The van der Waals surface area contributed by atoms with Crippen molar-refractivity contribution in [1.82, 2.24) is 5.32 Å². The van der Waals surface area contributed by atoms with Crippen LogP contribution in [0.3, 0.4) is 0 Å². The Morgan fingerprint density at radius 3 is 2.62 bits per heavy atom. The van der Waals surface area contributed by atoms with Crippen LogP contribution in [0, 0.1) is 6.92 Å². The van der Waals surface area contributed by atoms with Gasteiger partial charge < -0.3 is 10.1 Å². The monoisotopic (exact) mass is 303 g/mol. The average Bonchev–Trinajstić information content (AvgIpc) is 2.47. The largest absolute Gasteiger partial charge is 0.496 e. The fraction of sp³-hybridized carbons (Fsp3) is 0.235. The number of ether oxygens (including phenoxy) is 1. The van der Waals surface area contributed by atoms with Crippen LogP contribution in [0.25, 0.3) is 0 Å². The van der Waals surface area contributed by atoms with Crippen molar-refractivity contribution in [3.8, 4) is 5.75 Å².